The fraction of sp³-hybridized carbons (Fsp3) is 0.409. The highest BCUT2D eigenvalue weighted by molar-refractivity contribution is 5.93. The average Bonchev–Trinajstić information content (AvgIpc) is 3.32. The molecule has 0 spiro atoms. The van der Waals surface area contributed by atoms with Crippen molar-refractivity contribution in [3.8, 4) is 11.3 Å². The molecule has 1 aliphatic heterocycles. The van der Waals surface area contributed by atoms with Gasteiger partial charge in [0.15, 0.2) is 0 Å². The van der Waals surface area contributed by atoms with Crippen molar-refractivity contribution >= 4 is 11.6 Å². The van der Waals surface area contributed by atoms with Crippen LogP contribution in [0.4, 0.5) is 0 Å². The van der Waals surface area contributed by atoms with Gasteiger partial charge in [0.25, 0.3) is 11.5 Å². The predicted molar refractivity (Wildman–Crippen MR) is 113 cm³/mol. The zero-order valence-electron chi connectivity index (χ0n) is 17.3. The molecule has 8 nitrogen and oxygen atoms in total. The number of aliphatic hydroxyl groups excluding tert-OH is 1. The molecule has 4 rings (SSSR count). The number of piperidine rings is 1. The quantitative estimate of drug-likeness (QED) is 0.652. The molecule has 3 aromatic heterocycles. The molecule has 1 aliphatic rings. The number of hydrogen-bond donors (Lipinski definition) is 1. The number of aliphatic hydroxyl groups is 1. The number of carbonyl (C=O) groups excluding carboxylic acids is 1. The smallest absolute Gasteiger partial charge is 0.295 e. The molecule has 0 unspecified atom stereocenters. The highest BCUT2D eigenvalue weighted by atomic mass is 16.3. The van der Waals surface area contributed by atoms with E-state index in [1.165, 1.54) is 0 Å². The second-order valence-electron chi connectivity index (χ2n) is 7.84. The van der Waals surface area contributed by atoms with Crippen LogP contribution in [0, 0.1) is 19.8 Å². The number of rotatable bonds is 5. The Morgan fingerprint density at radius 2 is 2.20 bits per heavy atom. The number of aromatic nitrogens is 3. The summed E-state index contributed by atoms with van der Waals surface area (Å²) >= 11 is 0. The number of nitrogens with zero attached hydrogens (tertiary/aromatic N) is 4. The van der Waals surface area contributed by atoms with Gasteiger partial charge in [0, 0.05) is 44.2 Å². The van der Waals surface area contributed by atoms with E-state index in [-0.39, 0.29) is 35.3 Å². The topological polar surface area (TPSA) is 93.0 Å². The standard InChI is InChI=1S/C22H26N4O4/c1-4-7-26-19(17-9-14(2)30-15(17)3)12-25-11-18(23-20(25)22(26)29)21(28)24-8-5-6-16(10-24)13-27/h4,9,11-12,16,27H,1,5-8,10,13H2,2-3H3/t16-/m1/s1. The van der Waals surface area contributed by atoms with Crippen LogP contribution >= 0.6 is 0 Å². The highest BCUT2D eigenvalue weighted by Gasteiger charge is 2.26. The zero-order chi connectivity index (χ0) is 21.4. The third kappa shape index (κ3) is 3.47. The van der Waals surface area contributed by atoms with Crippen molar-refractivity contribution in [2.75, 3.05) is 19.7 Å². The lowest BCUT2D eigenvalue weighted by molar-refractivity contribution is 0.0615. The fourth-order valence-corrected chi connectivity index (χ4v) is 4.16. The summed E-state index contributed by atoms with van der Waals surface area (Å²) in [7, 11) is 0. The molecule has 3 aromatic rings. The molecule has 8 heteroatoms. The van der Waals surface area contributed by atoms with Gasteiger partial charge >= 0.3 is 0 Å². The van der Waals surface area contributed by atoms with Gasteiger partial charge < -0.3 is 14.4 Å². The van der Waals surface area contributed by atoms with Gasteiger partial charge in [-0.15, -0.1) is 6.58 Å². The average molecular weight is 410 g/mol. The van der Waals surface area contributed by atoms with Crippen LogP contribution in [-0.2, 0) is 6.54 Å². The first kappa shape index (κ1) is 20.2. The van der Waals surface area contributed by atoms with Crippen molar-refractivity contribution in [1.29, 1.82) is 0 Å². The third-order valence-electron chi connectivity index (χ3n) is 5.63. The normalized spacial score (nSPS) is 16.9. The number of amides is 1. The number of likely N-dealkylation sites (tertiary alicyclic amines) is 1. The Kier molecular flexibility index (Phi) is 5.34. The van der Waals surface area contributed by atoms with E-state index >= 15 is 0 Å². The summed E-state index contributed by atoms with van der Waals surface area (Å²) in [5.74, 6) is 1.33. The molecule has 1 fully saturated rings. The number of furan rings is 1. The minimum atomic E-state index is -0.295. The number of hydrogen-bond acceptors (Lipinski definition) is 5. The van der Waals surface area contributed by atoms with Gasteiger partial charge in [0.2, 0.25) is 5.65 Å². The predicted octanol–water partition coefficient (Wildman–Crippen LogP) is 2.40. The maximum absolute atomic E-state index is 13.2. The Morgan fingerprint density at radius 3 is 2.87 bits per heavy atom. The van der Waals surface area contributed by atoms with Crippen LogP contribution in [0.5, 0.6) is 0 Å². The zero-order valence-corrected chi connectivity index (χ0v) is 17.3. The number of carbonyl (C=O) groups is 1. The van der Waals surface area contributed by atoms with Crippen LogP contribution in [-0.4, -0.2) is 49.6 Å². The molecule has 4 heterocycles. The van der Waals surface area contributed by atoms with E-state index in [4.69, 9.17) is 4.42 Å². The largest absolute Gasteiger partial charge is 0.466 e. The summed E-state index contributed by atoms with van der Waals surface area (Å²) in [6, 6.07) is 1.89. The van der Waals surface area contributed by atoms with E-state index in [1.807, 2.05) is 19.9 Å². The minimum absolute atomic E-state index is 0.0635. The molecule has 0 radical (unpaired) electrons. The van der Waals surface area contributed by atoms with Crippen molar-refractivity contribution in [2.24, 2.45) is 5.92 Å². The molecule has 1 N–H and O–H groups in total. The number of aryl methyl sites for hydroxylation is 2. The van der Waals surface area contributed by atoms with Crippen molar-refractivity contribution in [3.63, 3.8) is 0 Å². The Morgan fingerprint density at radius 1 is 1.40 bits per heavy atom. The molecular formula is C22H26N4O4. The monoisotopic (exact) mass is 410 g/mol. The number of imidazole rings is 1. The fourth-order valence-electron chi connectivity index (χ4n) is 4.16. The van der Waals surface area contributed by atoms with E-state index in [1.54, 1.807) is 32.3 Å². The van der Waals surface area contributed by atoms with Gasteiger partial charge in [0.05, 0.1) is 5.69 Å². The highest BCUT2D eigenvalue weighted by Crippen LogP contribution is 2.26. The number of allylic oxidation sites excluding steroid dienone is 1. The summed E-state index contributed by atoms with van der Waals surface area (Å²) in [6.45, 7) is 8.98. The van der Waals surface area contributed by atoms with Crippen LogP contribution < -0.4 is 5.56 Å². The molecule has 30 heavy (non-hydrogen) atoms. The Labute approximate surface area is 174 Å². The van der Waals surface area contributed by atoms with Gasteiger partial charge in [-0.1, -0.05) is 6.08 Å². The van der Waals surface area contributed by atoms with Gasteiger partial charge in [-0.05, 0) is 38.7 Å². The lowest BCUT2D eigenvalue weighted by Crippen LogP contribution is -2.41. The number of fused-ring (bicyclic) bond motifs is 1. The first-order chi connectivity index (χ1) is 14.4. The Bertz CT molecular complexity index is 1170. The molecule has 0 bridgehead atoms. The summed E-state index contributed by atoms with van der Waals surface area (Å²) in [5.41, 5.74) is 1.62. The molecule has 0 aliphatic carbocycles. The van der Waals surface area contributed by atoms with Crippen LogP contribution in [0.15, 0.2) is 40.3 Å². The Balaban J connectivity index is 1.80. The lowest BCUT2D eigenvalue weighted by atomic mass is 9.99. The Hall–Kier alpha value is -3.13. The minimum Gasteiger partial charge on any atom is -0.466 e. The van der Waals surface area contributed by atoms with Crippen LogP contribution in [0.3, 0.4) is 0 Å². The second kappa shape index (κ2) is 7.95. The third-order valence-corrected chi connectivity index (χ3v) is 5.63. The maximum atomic E-state index is 13.2. The molecule has 0 saturated carbocycles. The molecular weight excluding hydrogens is 384 g/mol. The first-order valence-electron chi connectivity index (χ1n) is 10.1. The summed E-state index contributed by atoms with van der Waals surface area (Å²) in [5, 5.41) is 9.44. The van der Waals surface area contributed by atoms with Crippen molar-refractivity contribution in [2.45, 2.75) is 33.2 Å². The molecule has 0 aromatic carbocycles. The lowest BCUT2D eigenvalue weighted by Gasteiger charge is -2.31. The van der Waals surface area contributed by atoms with Gasteiger partial charge in [-0.2, -0.15) is 0 Å². The maximum Gasteiger partial charge on any atom is 0.295 e. The van der Waals surface area contributed by atoms with Gasteiger partial charge in [0.1, 0.15) is 17.2 Å². The second-order valence-corrected chi connectivity index (χ2v) is 7.84. The molecule has 1 atom stereocenters. The van der Waals surface area contributed by atoms with E-state index in [0.29, 0.717) is 31.1 Å². The van der Waals surface area contributed by atoms with Crippen LogP contribution in [0.25, 0.3) is 16.9 Å². The van der Waals surface area contributed by atoms with Crippen molar-refractivity contribution in [1.82, 2.24) is 18.9 Å². The van der Waals surface area contributed by atoms with Crippen molar-refractivity contribution < 1.29 is 14.3 Å². The van der Waals surface area contributed by atoms with E-state index in [9.17, 15) is 14.7 Å². The van der Waals surface area contributed by atoms with Crippen LogP contribution in [0.2, 0.25) is 0 Å². The van der Waals surface area contributed by atoms with Crippen LogP contribution in [0.1, 0.15) is 34.9 Å². The van der Waals surface area contributed by atoms with E-state index in [0.717, 1.165) is 24.2 Å². The SMILES string of the molecule is C=CCn1c(-c2cc(C)oc2C)cn2cc(C(=O)N3CCC[C@@H](CO)C3)nc2c1=O. The van der Waals surface area contributed by atoms with Gasteiger partial charge in [-0.25, -0.2) is 4.98 Å². The van der Waals surface area contributed by atoms with Crippen molar-refractivity contribution in [3.05, 3.63) is 58.7 Å². The first-order valence-corrected chi connectivity index (χ1v) is 10.1. The molecule has 1 amide bonds. The summed E-state index contributed by atoms with van der Waals surface area (Å²) in [6.07, 6.45) is 6.81. The summed E-state index contributed by atoms with van der Waals surface area (Å²) < 4.78 is 8.85. The molecule has 158 valence electrons. The van der Waals surface area contributed by atoms with E-state index < -0.39 is 0 Å². The van der Waals surface area contributed by atoms with Gasteiger partial charge in [-0.3, -0.25) is 18.6 Å². The molecule has 1 saturated heterocycles. The van der Waals surface area contributed by atoms with E-state index in [2.05, 4.69) is 11.6 Å². The summed E-state index contributed by atoms with van der Waals surface area (Å²) in [4.78, 5) is 32.2.